The average molecular weight is 254 g/mol. The quantitative estimate of drug-likeness (QED) is 0.742. The molecule has 1 aromatic rings. The third kappa shape index (κ3) is 2.82. The number of ether oxygens (including phenoxy) is 1. The normalized spacial score (nSPS) is 19.7. The van der Waals surface area contributed by atoms with E-state index in [0.717, 1.165) is 11.4 Å². The van der Waals surface area contributed by atoms with Gasteiger partial charge in [0.1, 0.15) is 0 Å². The molecule has 1 fully saturated rings. The van der Waals surface area contributed by atoms with Crippen LogP contribution in [-0.2, 0) is 20.7 Å². The number of hydrogen-bond acceptors (Lipinski definition) is 5. The van der Waals surface area contributed by atoms with Gasteiger partial charge in [-0.05, 0) is 0 Å². The molecule has 0 spiro atoms. The fourth-order valence-electron chi connectivity index (χ4n) is 1.92. The van der Waals surface area contributed by atoms with Crippen LogP contribution in [0.2, 0.25) is 0 Å². The molecular weight excluding hydrogens is 240 g/mol. The fraction of sp³-hybridized carbons (Fsp3) is 0.545. The second kappa shape index (κ2) is 5.27. The Bertz CT molecular complexity index is 405. The first-order valence-corrected chi connectivity index (χ1v) is 6.32. The van der Waals surface area contributed by atoms with E-state index in [0.29, 0.717) is 13.1 Å². The lowest BCUT2D eigenvalue weighted by atomic mass is 10.1. The number of carbonyl (C=O) groups excluding carboxylic acids is 2. The fourth-order valence-corrected chi connectivity index (χ4v) is 2.53. The van der Waals surface area contributed by atoms with E-state index in [-0.39, 0.29) is 24.2 Å². The number of carbonyl (C=O) groups is 2. The summed E-state index contributed by atoms with van der Waals surface area (Å²) in [6, 6.07) is 0. The number of thiazole rings is 1. The Kier molecular flexibility index (Phi) is 3.73. The van der Waals surface area contributed by atoms with E-state index in [4.69, 9.17) is 0 Å². The minimum absolute atomic E-state index is 0.0250. The zero-order valence-electron chi connectivity index (χ0n) is 9.59. The maximum Gasteiger partial charge on any atom is 0.310 e. The molecule has 1 aliphatic rings. The highest BCUT2D eigenvalue weighted by Gasteiger charge is 2.34. The van der Waals surface area contributed by atoms with Crippen molar-refractivity contribution in [3.8, 4) is 0 Å². The van der Waals surface area contributed by atoms with E-state index < -0.39 is 0 Å². The topological polar surface area (TPSA) is 59.5 Å². The molecule has 0 radical (unpaired) electrons. The van der Waals surface area contributed by atoms with Crippen LogP contribution in [0, 0.1) is 5.92 Å². The van der Waals surface area contributed by atoms with Crippen molar-refractivity contribution < 1.29 is 14.3 Å². The molecule has 1 atom stereocenters. The number of methoxy groups -OCH3 is 1. The number of esters is 1. The Morgan fingerprint density at radius 2 is 2.53 bits per heavy atom. The van der Waals surface area contributed by atoms with E-state index in [9.17, 15) is 9.59 Å². The molecular formula is C11H14N2O3S. The van der Waals surface area contributed by atoms with Gasteiger partial charge in [-0.1, -0.05) is 0 Å². The summed E-state index contributed by atoms with van der Waals surface area (Å²) in [7, 11) is 1.35. The number of likely N-dealkylation sites (tertiary alicyclic amines) is 1. The molecule has 1 unspecified atom stereocenters. The van der Waals surface area contributed by atoms with E-state index in [1.54, 1.807) is 22.4 Å². The number of hydrogen-bond donors (Lipinski definition) is 0. The zero-order chi connectivity index (χ0) is 12.3. The number of amides is 1. The SMILES string of the molecule is COC(=O)C1CC(=O)N(CCc2nccs2)C1. The third-order valence-electron chi connectivity index (χ3n) is 2.83. The van der Waals surface area contributed by atoms with Gasteiger partial charge in [0.2, 0.25) is 5.91 Å². The van der Waals surface area contributed by atoms with Crippen molar-refractivity contribution in [2.75, 3.05) is 20.2 Å². The summed E-state index contributed by atoms with van der Waals surface area (Å²) in [6.45, 7) is 1.09. The lowest BCUT2D eigenvalue weighted by Gasteiger charge is -2.14. The van der Waals surface area contributed by atoms with Gasteiger partial charge in [0.05, 0.1) is 18.0 Å². The Balaban J connectivity index is 1.86. The summed E-state index contributed by atoms with van der Waals surface area (Å²) in [6.07, 6.45) is 2.77. The molecule has 1 aromatic heterocycles. The summed E-state index contributed by atoms with van der Waals surface area (Å²) in [5.41, 5.74) is 0. The summed E-state index contributed by atoms with van der Waals surface area (Å²) < 4.78 is 4.65. The molecule has 2 rings (SSSR count). The van der Waals surface area contributed by atoms with Gasteiger partial charge < -0.3 is 9.64 Å². The molecule has 0 aromatic carbocycles. The Morgan fingerprint density at radius 3 is 3.18 bits per heavy atom. The van der Waals surface area contributed by atoms with Crippen LogP contribution in [0.15, 0.2) is 11.6 Å². The standard InChI is InChI=1S/C11H14N2O3S/c1-16-11(15)8-6-10(14)13(7-8)4-2-9-12-3-5-17-9/h3,5,8H,2,4,6-7H2,1H3. The first-order valence-electron chi connectivity index (χ1n) is 5.44. The molecule has 1 amide bonds. The number of nitrogens with zero attached hydrogens (tertiary/aromatic N) is 2. The molecule has 1 saturated heterocycles. The molecule has 1 aliphatic heterocycles. The number of aromatic nitrogens is 1. The van der Waals surface area contributed by atoms with Crippen molar-refractivity contribution in [2.45, 2.75) is 12.8 Å². The first-order chi connectivity index (χ1) is 8.20. The van der Waals surface area contributed by atoms with Crippen LogP contribution in [0.4, 0.5) is 0 Å². The van der Waals surface area contributed by atoms with Gasteiger partial charge in [0.25, 0.3) is 0 Å². The van der Waals surface area contributed by atoms with Gasteiger partial charge in [-0.3, -0.25) is 9.59 Å². The van der Waals surface area contributed by atoms with Gasteiger partial charge in [-0.25, -0.2) is 4.98 Å². The van der Waals surface area contributed by atoms with Crippen molar-refractivity contribution in [3.63, 3.8) is 0 Å². The van der Waals surface area contributed by atoms with Gasteiger partial charge in [-0.2, -0.15) is 0 Å². The van der Waals surface area contributed by atoms with Crippen LogP contribution in [0.5, 0.6) is 0 Å². The lowest BCUT2D eigenvalue weighted by Crippen LogP contribution is -2.28. The maximum atomic E-state index is 11.7. The molecule has 0 bridgehead atoms. The highest BCUT2D eigenvalue weighted by Crippen LogP contribution is 2.19. The molecule has 6 heteroatoms. The van der Waals surface area contributed by atoms with Gasteiger partial charge >= 0.3 is 5.97 Å². The molecule has 17 heavy (non-hydrogen) atoms. The highest BCUT2D eigenvalue weighted by atomic mass is 32.1. The third-order valence-corrected chi connectivity index (χ3v) is 3.67. The van der Waals surface area contributed by atoms with E-state index in [1.807, 2.05) is 5.38 Å². The van der Waals surface area contributed by atoms with E-state index >= 15 is 0 Å². The predicted octanol–water partition coefficient (Wildman–Crippen LogP) is 0.707. The first kappa shape index (κ1) is 12.0. The van der Waals surface area contributed by atoms with Crippen molar-refractivity contribution in [1.82, 2.24) is 9.88 Å². The average Bonchev–Trinajstić information content (AvgIpc) is 2.95. The second-order valence-corrected chi connectivity index (χ2v) is 4.92. The van der Waals surface area contributed by atoms with Crippen LogP contribution in [-0.4, -0.2) is 42.0 Å². The minimum Gasteiger partial charge on any atom is -0.469 e. The van der Waals surface area contributed by atoms with Crippen LogP contribution < -0.4 is 0 Å². The second-order valence-electron chi connectivity index (χ2n) is 3.94. The highest BCUT2D eigenvalue weighted by molar-refractivity contribution is 7.09. The Hall–Kier alpha value is -1.43. The summed E-state index contributed by atoms with van der Waals surface area (Å²) in [5, 5.41) is 2.93. The van der Waals surface area contributed by atoms with Crippen LogP contribution >= 0.6 is 11.3 Å². The van der Waals surface area contributed by atoms with Crippen molar-refractivity contribution >= 4 is 23.2 Å². The monoisotopic (exact) mass is 254 g/mol. The van der Waals surface area contributed by atoms with Crippen LogP contribution in [0.1, 0.15) is 11.4 Å². The van der Waals surface area contributed by atoms with E-state index in [1.165, 1.54) is 7.11 Å². The molecule has 0 aliphatic carbocycles. The van der Waals surface area contributed by atoms with Crippen molar-refractivity contribution in [3.05, 3.63) is 16.6 Å². The maximum absolute atomic E-state index is 11.7. The van der Waals surface area contributed by atoms with Gasteiger partial charge in [-0.15, -0.1) is 11.3 Å². The van der Waals surface area contributed by atoms with Crippen LogP contribution in [0.3, 0.4) is 0 Å². The minimum atomic E-state index is -0.302. The van der Waals surface area contributed by atoms with Crippen LogP contribution in [0.25, 0.3) is 0 Å². The zero-order valence-corrected chi connectivity index (χ0v) is 10.4. The smallest absolute Gasteiger partial charge is 0.310 e. The van der Waals surface area contributed by atoms with E-state index in [2.05, 4.69) is 9.72 Å². The molecule has 5 nitrogen and oxygen atoms in total. The molecule has 92 valence electrons. The Morgan fingerprint density at radius 1 is 1.71 bits per heavy atom. The van der Waals surface area contributed by atoms with Gasteiger partial charge in [0.15, 0.2) is 0 Å². The lowest BCUT2D eigenvalue weighted by molar-refractivity contribution is -0.145. The largest absolute Gasteiger partial charge is 0.469 e. The molecule has 2 heterocycles. The number of rotatable bonds is 4. The summed E-state index contributed by atoms with van der Waals surface area (Å²) >= 11 is 1.58. The van der Waals surface area contributed by atoms with Crippen molar-refractivity contribution in [2.24, 2.45) is 5.92 Å². The molecule has 0 saturated carbocycles. The van der Waals surface area contributed by atoms with Gasteiger partial charge in [0, 0.05) is 37.5 Å². The Labute approximate surface area is 103 Å². The predicted molar refractivity (Wildman–Crippen MR) is 62.5 cm³/mol. The summed E-state index contributed by atoms with van der Waals surface area (Å²) in [5.74, 6) is -0.573. The summed E-state index contributed by atoms with van der Waals surface area (Å²) in [4.78, 5) is 28.9. The molecule has 0 N–H and O–H groups in total. The van der Waals surface area contributed by atoms with Crippen molar-refractivity contribution in [1.29, 1.82) is 0 Å².